The van der Waals surface area contributed by atoms with Crippen LogP contribution in [0.3, 0.4) is 0 Å². The van der Waals surface area contributed by atoms with Gasteiger partial charge in [-0.3, -0.25) is 14.3 Å². The molecule has 0 radical (unpaired) electrons. The average Bonchev–Trinajstić information content (AvgIpc) is 3.12. The van der Waals surface area contributed by atoms with Crippen molar-refractivity contribution in [3.63, 3.8) is 0 Å². The molecule has 26 heavy (non-hydrogen) atoms. The van der Waals surface area contributed by atoms with Crippen molar-refractivity contribution >= 4 is 28.8 Å². The van der Waals surface area contributed by atoms with Gasteiger partial charge in [-0.05, 0) is 51.8 Å². The Morgan fingerprint density at radius 1 is 1.31 bits per heavy atom. The summed E-state index contributed by atoms with van der Waals surface area (Å²) in [5, 5.41) is 2.81. The van der Waals surface area contributed by atoms with Gasteiger partial charge in [0.05, 0.1) is 5.52 Å². The highest BCUT2D eigenvalue weighted by atomic mass is 16.6. The number of rotatable bonds is 2. The van der Waals surface area contributed by atoms with Crippen molar-refractivity contribution in [1.29, 1.82) is 0 Å². The lowest BCUT2D eigenvalue weighted by Gasteiger charge is -2.28. The molecule has 1 aliphatic heterocycles. The van der Waals surface area contributed by atoms with Crippen molar-refractivity contribution < 1.29 is 18.7 Å². The van der Waals surface area contributed by atoms with Gasteiger partial charge in [0.2, 0.25) is 5.91 Å². The maximum atomic E-state index is 12.7. The van der Waals surface area contributed by atoms with Crippen LogP contribution in [0.25, 0.3) is 11.1 Å². The third-order valence-corrected chi connectivity index (χ3v) is 4.24. The Morgan fingerprint density at radius 2 is 2.04 bits per heavy atom. The van der Waals surface area contributed by atoms with E-state index < -0.39 is 23.5 Å². The lowest BCUT2D eigenvalue weighted by molar-refractivity contribution is -0.120. The van der Waals surface area contributed by atoms with E-state index in [-0.39, 0.29) is 5.91 Å². The van der Waals surface area contributed by atoms with Crippen LogP contribution in [0.5, 0.6) is 0 Å². The Hall–Kier alpha value is -2.77. The summed E-state index contributed by atoms with van der Waals surface area (Å²) in [6, 6.07) is 4.39. The molecular weight excluding hydrogens is 338 g/mol. The summed E-state index contributed by atoms with van der Waals surface area (Å²) in [4.78, 5) is 38.0. The molecular formula is C18H23N3O5. The Kier molecular flexibility index (Phi) is 4.52. The van der Waals surface area contributed by atoms with Crippen molar-refractivity contribution in [3.8, 4) is 0 Å². The summed E-state index contributed by atoms with van der Waals surface area (Å²) >= 11 is 0. The summed E-state index contributed by atoms with van der Waals surface area (Å²) < 4.78 is 11.8. The number of anilines is 1. The zero-order valence-electron chi connectivity index (χ0n) is 15.4. The quantitative estimate of drug-likeness (QED) is 0.887. The van der Waals surface area contributed by atoms with Crippen LogP contribution >= 0.6 is 0 Å². The number of likely N-dealkylation sites (tertiary alicyclic amines) is 1. The summed E-state index contributed by atoms with van der Waals surface area (Å²) in [5.41, 5.74) is 0.961. The van der Waals surface area contributed by atoms with Crippen LogP contribution < -0.4 is 11.1 Å². The van der Waals surface area contributed by atoms with E-state index in [9.17, 15) is 14.4 Å². The predicted octanol–water partition coefficient (Wildman–Crippen LogP) is 2.47. The fourth-order valence-electron chi connectivity index (χ4n) is 3.01. The third kappa shape index (κ3) is 3.58. The molecule has 0 spiro atoms. The lowest BCUT2D eigenvalue weighted by atomic mass is 10.2. The second-order valence-electron chi connectivity index (χ2n) is 7.43. The first-order valence-corrected chi connectivity index (χ1v) is 8.56. The van der Waals surface area contributed by atoms with Gasteiger partial charge in [-0.25, -0.2) is 9.59 Å². The second-order valence-corrected chi connectivity index (χ2v) is 7.43. The highest BCUT2D eigenvalue weighted by Gasteiger charge is 2.36. The second kappa shape index (κ2) is 6.51. The van der Waals surface area contributed by atoms with Gasteiger partial charge < -0.3 is 14.5 Å². The molecule has 1 aromatic heterocycles. The molecule has 2 amide bonds. The molecule has 0 aliphatic carbocycles. The van der Waals surface area contributed by atoms with Gasteiger partial charge in [0, 0.05) is 19.3 Å². The molecule has 8 nitrogen and oxygen atoms in total. The van der Waals surface area contributed by atoms with Crippen LogP contribution in [0.1, 0.15) is 33.6 Å². The monoisotopic (exact) mass is 361 g/mol. The third-order valence-electron chi connectivity index (χ3n) is 4.24. The largest absolute Gasteiger partial charge is 0.444 e. The summed E-state index contributed by atoms with van der Waals surface area (Å²) in [5.74, 6) is -0.739. The number of amides is 2. The van der Waals surface area contributed by atoms with E-state index in [2.05, 4.69) is 5.32 Å². The lowest BCUT2D eigenvalue weighted by Crippen LogP contribution is -2.45. The molecule has 2 aromatic rings. The first-order valence-electron chi connectivity index (χ1n) is 8.56. The molecule has 0 bridgehead atoms. The van der Waals surface area contributed by atoms with Crippen LogP contribution in [-0.2, 0) is 16.6 Å². The molecule has 8 heteroatoms. The average molecular weight is 361 g/mol. The van der Waals surface area contributed by atoms with Crippen LogP contribution in [0.4, 0.5) is 10.5 Å². The van der Waals surface area contributed by atoms with Crippen LogP contribution in [0, 0.1) is 0 Å². The van der Waals surface area contributed by atoms with E-state index in [0.29, 0.717) is 29.8 Å². The topological polar surface area (TPSA) is 93.8 Å². The molecule has 3 rings (SSSR count). The maximum Gasteiger partial charge on any atom is 0.419 e. The standard InChI is InChI=1S/C18H23N3O5/c1-18(2,3)26-17(24)21-9-5-6-12(21)15(22)19-11-7-8-14-13(10-11)20(4)16(23)25-14/h7-8,10,12H,5-6,9H2,1-4H3,(H,19,22). The van der Waals surface area contributed by atoms with E-state index in [1.807, 2.05) is 0 Å². The molecule has 1 saturated heterocycles. The molecule has 1 aromatic carbocycles. The number of fused-ring (bicyclic) bond motifs is 1. The number of aryl methyl sites for hydroxylation is 1. The highest BCUT2D eigenvalue weighted by molar-refractivity contribution is 5.98. The number of oxazole rings is 1. The molecule has 2 heterocycles. The van der Waals surface area contributed by atoms with Gasteiger partial charge in [-0.1, -0.05) is 0 Å². The molecule has 140 valence electrons. The zero-order valence-corrected chi connectivity index (χ0v) is 15.4. The Balaban J connectivity index is 1.75. The van der Waals surface area contributed by atoms with Crippen LogP contribution in [-0.4, -0.2) is 39.7 Å². The SMILES string of the molecule is Cn1c(=O)oc2ccc(NC(=O)C3CCCN3C(=O)OC(C)(C)C)cc21. The number of carbonyl (C=O) groups is 2. The van der Waals surface area contributed by atoms with Gasteiger partial charge in [0.25, 0.3) is 0 Å². The summed E-state index contributed by atoms with van der Waals surface area (Å²) in [6.07, 6.45) is 0.840. The smallest absolute Gasteiger partial charge is 0.419 e. The van der Waals surface area contributed by atoms with E-state index >= 15 is 0 Å². The van der Waals surface area contributed by atoms with E-state index in [0.717, 1.165) is 6.42 Å². The molecule has 1 N–H and O–H groups in total. The van der Waals surface area contributed by atoms with E-state index in [4.69, 9.17) is 9.15 Å². The fourth-order valence-corrected chi connectivity index (χ4v) is 3.01. The summed E-state index contributed by atoms with van der Waals surface area (Å²) in [7, 11) is 1.60. The number of aromatic nitrogens is 1. The highest BCUT2D eigenvalue weighted by Crippen LogP contribution is 2.23. The fraction of sp³-hybridized carbons (Fsp3) is 0.500. The van der Waals surface area contributed by atoms with Crippen molar-refractivity contribution in [2.45, 2.75) is 45.3 Å². The van der Waals surface area contributed by atoms with E-state index in [1.165, 1.54) is 9.47 Å². The molecule has 1 atom stereocenters. The van der Waals surface area contributed by atoms with Gasteiger partial charge >= 0.3 is 11.8 Å². The number of hydrogen-bond acceptors (Lipinski definition) is 5. The number of hydrogen-bond donors (Lipinski definition) is 1. The van der Waals surface area contributed by atoms with Crippen molar-refractivity contribution in [1.82, 2.24) is 9.47 Å². The van der Waals surface area contributed by atoms with Crippen LogP contribution in [0.2, 0.25) is 0 Å². The summed E-state index contributed by atoms with van der Waals surface area (Å²) in [6.45, 7) is 5.86. The minimum Gasteiger partial charge on any atom is -0.444 e. The number of carbonyl (C=O) groups excluding carboxylic acids is 2. The van der Waals surface area contributed by atoms with Crippen molar-refractivity contribution in [3.05, 3.63) is 28.7 Å². The normalized spacial score (nSPS) is 17.5. The zero-order chi connectivity index (χ0) is 19.1. The van der Waals surface area contributed by atoms with Gasteiger partial charge in [-0.2, -0.15) is 0 Å². The molecule has 0 saturated carbocycles. The van der Waals surface area contributed by atoms with Crippen LogP contribution in [0.15, 0.2) is 27.4 Å². The van der Waals surface area contributed by atoms with Gasteiger partial charge in [0.1, 0.15) is 11.6 Å². The predicted molar refractivity (Wildman–Crippen MR) is 96.0 cm³/mol. The first-order chi connectivity index (χ1) is 12.2. The minimum absolute atomic E-state index is 0.277. The van der Waals surface area contributed by atoms with E-state index in [1.54, 1.807) is 46.0 Å². The Labute approximate surface area is 150 Å². The maximum absolute atomic E-state index is 12.7. The Bertz CT molecular complexity index is 906. The molecule has 1 unspecified atom stereocenters. The first kappa shape index (κ1) is 18.0. The minimum atomic E-state index is -0.613. The van der Waals surface area contributed by atoms with Crippen molar-refractivity contribution in [2.24, 2.45) is 7.05 Å². The molecule has 1 fully saturated rings. The van der Waals surface area contributed by atoms with Gasteiger partial charge in [-0.15, -0.1) is 0 Å². The number of benzene rings is 1. The number of nitrogens with one attached hydrogen (secondary N) is 1. The Morgan fingerprint density at radius 3 is 2.73 bits per heavy atom. The molecule has 1 aliphatic rings. The number of ether oxygens (including phenoxy) is 1. The number of nitrogens with zero attached hydrogens (tertiary/aromatic N) is 2. The van der Waals surface area contributed by atoms with Crippen molar-refractivity contribution in [2.75, 3.05) is 11.9 Å². The van der Waals surface area contributed by atoms with Gasteiger partial charge in [0.15, 0.2) is 5.58 Å².